The number of thiazole rings is 1. The highest BCUT2D eigenvalue weighted by Gasteiger charge is 2.14. The van der Waals surface area contributed by atoms with Crippen molar-refractivity contribution in [2.24, 2.45) is 5.73 Å². The zero-order valence-electron chi connectivity index (χ0n) is 11.5. The van der Waals surface area contributed by atoms with E-state index in [0.29, 0.717) is 18.2 Å². The second-order valence-corrected chi connectivity index (χ2v) is 5.70. The number of nitrogens with zero attached hydrogens (tertiary/aromatic N) is 3. The van der Waals surface area contributed by atoms with E-state index in [-0.39, 0.29) is 5.75 Å². The van der Waals surface area contributed by atoms with Crippen LogP contribution in [-0.4, -0.2) is 31.8 Å². The van der Waals surface area contributed by atoms with Crippen LogP contribution in [0.3, 0.4) is 0 Å². The molecule has 0 radical (unpaired) electrons. The number of benzene rings is 1. The van der Waals surface area contributed by atoms with Gasteiger partial charge in [0.25, 0.3) is 0 Å². The zero-order chi connectivity index (χ0) is 14.8. The summed E-state index contributed by atoms with van der Waals surface area (Å²) in [5.41, 5.74) is 7.34. The number of phenols is 1. The molecule has 6 nitrogen and oxygen atoms in total. The van der Waals surface area contributed by atoms with Crippen molar-refractivity contribution in [3.8, 4) is 27.8 Å². The second-order valence-electron chi connectivity index (χ2n) is 4.62. The number of nitrogens with one attached hydrogen (secondary N) is 1. The number of aromatic amines is 1. The van der Waals surface area contributed by atoms with E-state index < -0.39 is 0 Å². The summed E-state index contributed by atoms with van der Waals surface area (Å²) in [5.74, 6) is 1.52. The van der Waals surface area contributed by atoms with E-state index in [9.17, 15) is 5.11 Å². The largest absolute Gasteiger partial charge is 0.508 e. The molecule has 108 valence electrons. The molecule has 0 atom stereocenters. The van der Waals surface area contributed by atoms with Gasteiger partial charge in [-0.15, -0.1) is 11.3 Å². The number of nitrogens with two attached hydrogens (primary N) is 1. The van der Waals surface area contributed by atoms with E-state index in [1.54, 1.807) is 35.6 Å². The van der Waals surface area contributed by atoms with Crippen LogP contribution in [0.4, 0.5) is 0 Å². The molecule has 3 rings (SSSR count). The van der Waals surface area contributed by atoms with E-state index in [1.807, 2.05) is 6.92 Å². The third-order valence-corrected chi connectivity index (χ3v) is 4.25. The van der Waals surface area contributed by atoms with Gasteiger partial charge in [0, 0.05) is 12.0 Å². The van der Waals surface area contributed by atoms with Gasteiger partial charge in [-0.2, -0.15) is 5.10 Å². The van der Waals surface area contributed by atoms with E-state index in [4.69, 9.17) is 5.73 Å². The van der Waals surface area contributed by atoms with Crippen molar-refractivity contribution in [2.75, 3.05) is 6.54 Å². The number of hydrogen-bond donors (Lipinski definition) is 3. The quantitative estimate of drug-likeness (QED) is 0.685. The first-order valence-electron chi connectivity index (χ1n) is 6.56. The van der Waals surface area contributed by atoms with Crippen molar-refractivity contribution in [3.63, 3.8) is 0 Å². The summed E-state index contributed by atoms with van der Waals surface area (Å²) in [6, 6.07) is 6.79. The summed E-state index contributed by atoms with van der Waals surface area (Å²) in [6.45, 7) is 2.54. The van der Waals surface area contributed by atoms with E-state index in [2.05, 4.69) is 20.2 Å². The van der Waals surface area contributed by atoms with Crippen LogP contribution in [0.25, 0.3) is 22.1 Å². The summed E-state index contributed by atoms with van der Waals surface area (Å²) in [4.78, 5) is 9.98. The van der Waals surface area contributed by atoms with Gasteiger partial charge in [0.05, 0.1) is 15.6 Å². The van der Waals surface area contributed by atoms with Gasteiger partial charge in [0.15, 0.2) is 11.6 Å². The molecule has 0 aliphatic carbocycles. The molecule has 0 aliphatic rings. The van der Waals surface area contributed by atoms with Crippen molar-refractivity contribution < 1.29 is 5.11 Å². The molecule has 1 aromatic carbocycles. The van der Waals surface area contributed by atoms with Crippen LogP contribution in [0.1, 0.15) is 10.7 Å². The lowest BCUT2D eigenvalue weighted by Gasteiger charge is -1.94. The van der Waals surface area contributed by atoms with Gasteiger partial charge in [-0.1, -0.05) is 0 Å². The molecule has 0 fully saturated rings. The number of hydrogen-bond acceptors (Lipinski definition) is 6. The Hall–Kier alpha value is -2.25. The number of phenolic OH excluding ortho intramolecular Hbond substituents is 1. The molecule has 0 unspecified atom stereocenters. The van der Waals surface area contributed by atoms with Gasteiger partial charge >= 0.3 is 0 Å². The lowest BCUT2D eigenvalue weighted by Crippen LogP contribution is -2.01. The molecular weight excluding hydrogens is 286 g/mol. The molecule has 0 saturated carbocycles. The minimum atomic E-state index is 0.222. The second kappa shape index (κ2) is 5.63. The van der Waals surface area contributed by atoms with Crippen LogP contribution in [-0.2, 0) is 6.42 Å². The van der Waals surface area contributed by atoms with Gasteiger partial charge in [-0.3, -0.25) is 5.10 Å². The fourth-order valence-electron chi connectivity index (χ4n) is 2.01. The molecule has 21 heavy (non-hydrogen) atoms. The maximum Gasteiger partial charge on any atom is 0.181 e. The normalized spacial score (nSPS) is 11.0. The average Bonchev–Trinajstić information content (AvgIpc) is 3.07. The lowest BCUT2D eigenvalue weighted by atomic mass is 10.2. The maximum absolute atomic E-state index is 9.31. The van der Waals surface area contributed by atoms with Gasteiger partial charge < -0.3 is 10.8 Å². The third kappa shape index (κ3) is 2.79. The summed E-state index contributed by atoms with van der Waals surface area (Å²) in [5, 5.41) is 17.5. The topological polar surface area (TPSA) is 101 Å². The van der Waals surface area contributed by atoms with E-state index in [1.165, 1.54) is 0 Å². The van der Waals surface area contributed by atoms with Crippen molar-refractivity contribution >= 4 is 11.3 Å². The highest BCUT2D eigenvalue weighted by atomic mass is 32.1. The monoisotopic (exact) mass is 301 g/mol. The SMILES string of the molecule is Cc1nc(CCN)sc1-c1nc(-c2ccc(O)cc2)n[nH]1. The van der Waals surface area contributed by atoms with Crippen LogP contribution in [0.15, 0.2) is 24.3 Å². The number of aryl methyl sites for hydroxylation is 1. The first-order chi connectivity index (χ1) is 10.2. The molecular formula is C14H15N5OS. The third-order valence-electron chi connectivity index (χ3n) is 3.03. The predicted molar refractivity (Wildman–Crippen MR) is 82.1 cm³/mol. The average molecular weight is 301 g/mol. The molecule has 0 saturated heterocycles. The highest BCUT2D eigenvalue weighted by molar-refractivity contribution is 7.15. The Bertz CT molecular complexity index is 747. The Morgan fingerprint density at radius 1 is 1.24 bits per heavy atom. The van der Waals surface area contributed by atoms with Gasteiger partial charge in [-0.25, -0.2) is 9.97 Å². The maximum atomic E-state index is 9.31. The summed E-state index contributed by atoms with van der Waals surface area (Å²) < 4.78 is 0. The van der Waals surface area contributed by atoms with Gasteiger partial charge in [0.2, 0.25) is 0 Å². The molecule has 7 heteroatoms. The summed E-state index contributed by atoms with van der Waals surface area (Å²) >= 11 is 1.58. The standard InChI is InChI=1S/C14H15N5OS/c1-8-12(21-11(16-8)6-7-15)14-17-13(18-19-14)9-2-4-10(20)5-3-9/h2-5,20H,6-7,15H2,1H3,(H,17,18,19). The number of aromatic nitrogens is 4. The fraction of sp³-hybridized carbons (Fsp3) is 0.214. The summed E-state index contributed by atoms with van der Waals surface area (Å²) in [6.07, 6.45) is 0.768. The molecule has 4 N–H and O–H groups in total. The lowest BCUT2D eigenvalue weighted by molar-refractivity contribution is 0.475. The number of aromatic hydroxyl groups is 1. The first kappa shape index (κ1) is 13.7. The molecule has 0 amide bonds. The van der Waals surface area contributed by atoms with Gasteiger partial charge in [0.1, 0.15) is 5.75 Å². The Labute approximate surface area is 125 Å². The molecule has 0 bridgehead atoms. The Balaban J connectivity index is 1.92. The van der Waals surface area contributed by atoms with E-state index in [0.717, 1.165) is 27.6 Å². The smallest absolute Gasteiger partial charge is 0.181 e. The predicted octanol–water partition coefficient (Wildman–Crippen LogP) is 2.11. The number of rotatable bonds is 4. The van der Waals surface area contributed by atoms with Crippen LogP contribution < -0.4 is 5.73 Å². The van der Waals surface area contributed by atoms with Crippen molar-refractivity contribution in [3.05, 3.63) is 35.0 Å². The minimum Gasteiger partial charge on any atom is -0.508 e. The van der Waals surface area contributed by atoms with Crippen molar-refractivity contribution in [1.29, 1.82) is 0 Å². The highest BCUT2D eigenvalue weighted by Crippen LogP contribution is 2.29. The number of H-pyrrole nitrogens is 1. The molecule has 0 spiro atoms. The molecule has 0 aliphatic heterocycles. The van der Waals surface area contributed by atoms with Gasteiger partial charge in [-0.05, 0) is 37.7 Å². The first-order valence-corrected chi connectivity index (χ1v) is 7.37. The molecule has 2 heterocycles. The van der Waals surface area contributed by atoms with Crippen molar-refractivity contribution in [1.82, 2.24) is 20.2 Å². The van der Waals surface area contributed by atoms with Crippen LogP contribution >= 0.6 is 11.3 Å². The Morgan fingerprint density at radius 2 is 2.00 bits per heavy atom. The van der Waals surface area contributed by atoms with Crippen molar-refractivity contribution in [2.45, 2.75) is 13.3 Å². The van der Waals surface area contributed by atoms with Crippen LogP contribution in [0.5, 0.6) is 5.75 Å². The van der Waals surface area contributed by atoms with Crippen LogP contribution in [0.2, 0.25) is 0 Å². The van der Waals surface area contributed by atoms with E-state index >= 15 is 0 Å². The minimum absolute atomic E-state index is 0.222. The summed E-state index contributed by atoms with van der Waals surface area (Å²) in [7, 11) is 0. The fourth-order valence-corrected chi connectivity index (χ4v) is 3.02. The Morgan fingerprint density at radius 3 is 2.71 bits per heavy atom. The van der Waals surface area contributed by atoms with Crippen LogP contribution in [0, 0.1) is 6.92 Å². The molecule has 2 aromatic heterocycles. The zero-order valence-corrected chi connectivity index (χ0v) is 12.3. The Kier molecular flexibility index (Phi) is 3.68. The molecule has 3 aromatic rings.